The van der Waals surface area contributed by atoms with Crippen LogP contribution in [-0.4, -0.2) is 14.7 Å². The molecule has 1 aromatic carbocycles. The predicted molar refractivity (Wildman–Crippen MR) is 45.8 cm³/mol. The Bertz CT molecular complexity index is 372. The molecule has 2 aromatic rings. The number of rotatable bonds is 1. The lowest BCUT2D eigenvalue weighted by Gasteiger charge is -1.94. The maximum atomic E-state index is 9.11. The minimum atomic E-state index is 0.125. The maximum absolute atomic E-state index is 9.11. The summed E-state index contributed by atoms with van der Waals surface area (Å²) in [5.74, 6) is 0.125. The van der Waals surface area contributed by atoms with Gasteiger partial charge in [-0.25, -0.2) is 0 Å². The molecule has 1 radical (unpaired) electrons. The molecule has 0 aliphatic heterocycles. The zero-order valence-corrected chi connectivity index (χ0v) is 6.88. The summed E-state index contributed by atoms with van der Waals surface area (Å²) in [6.45, 7) is 0. The molecule has 0 aliphatic rings. The fourth-order valence-corrected chi connectivity index (χ4v) is 1.37. The average Bonchev–Trinajstić information content (AvgIpc) is 2.56. The van der Waals surface area contributed by atoms with Crippen molar-refractivity contribution in [3.63, 3.8) is 0 Å². The smallest absolute Gasteiger partial charge is 0.124 e. The number of aromatic hydroxyl groups is 1. The summed E-state index contributed by atoms with van der Waals surface area (Å²) in [6.07, 6.45) is 0. The molecule has 2 rings (SSSR count). The number of hydrogen-bond acceptors (Lipinski definition) is 4. The molecule has 0 spiro atoms. The maximum Gasteiger partial charge on any atom is 0.124 e. The SMILES string of the molecule is Oc1[c]ccc(-c2csnn2)c1. The van der Waals surface area contributed by atoms with Gasteiger partial charge in [-0.15, -0.1) is 5.10 Å². The first-order valence-corrected chi connectivity index (χ1v) is 4.18. The van der Waals surface area contributed by atoms with Crippen molar-refractivity contribution >= 4 is 11.5 Å². The zero-order valence-electron chi connectivity index (χ0n) is 6.06. The van der Waals surface area contributed by atoms with Crippen molar-refractivity contribution in [2.24, 2.45) is 0 Å². The van der Waals surface area contributed by atoms with Crippen LogP contribution in [0.5, 0.6) is 5.75 Å². The Morgan fingerprint density at radius 3 is 3.08 bits per heavy atom. The molecule has 0 unspecified atom stereocenters. The van der Waals surface area contributed by atoms with Gasteiger partial charge in [0.1, 0.15) is 11.4 Å². The third-order valence-corrected chi connectivity index (χ3v) is 1.95. The van der Waals surface area contributed by atoms with E-state index in [1.807, 2.05) is 11.4 Å². The molecule has 0 amide bonds. The number of hydrogen-bond donors (Lipinski definition) is 1. The normalized spacial score (nSPS) is 10.0. The number of phenols is 1. The standard InChI is InChI=1S/C8H5N2OS/c11-7-3-1-2-6(4-7)8-5-12-10-9-8/h1-2,4-5,11H. The summed E-state index contributed by atoms with van der Waals surface area (Å²) in [5, 5.41) is 14.8. The topological polar surface area (TPSA) is 46.0 Å². The molecule has 4 heteroatoms. The number of aromatic nitrogens is 2. The third kappa shape index (κ3) is 1.29. The molecule has 12 heavy (non-hydrogen) atoms. The van der Waals surface area contributed by atoms with Gasteiger partial charge in [0, 0.05) is 17.0 Å². The van der Waals surface area contributed by atoms with Gasteiger partial charge in [-0.05, 0) is 23.7 Å². The van der Waals surface area contributed by atoms with Crippen LogP contribution in [0.25, 0.3) is 11.3 Å². The van der Waals surface area contributed by atoms with Crippen molar-refractivity contribution in [3.05, 3.63) is 29.6 Å². The van der Waals surface area contributed by atoms with E-state index < -0.39 is 0 Å². The van der Waals surface area contributed by atoms with Gasteiger partial charge in [0.2, 0.25) is 0 Å². The number of phenolic OH excluding ortho intramolecular Hbond substituents is 1. The second-order valence-electron chi connectivity index (χ2n) is 2.25. The first kappa shape index (κ1) is 7.24. The molecule has 59 valence electrons. The van der Waals surface area contributed by atoms with E-state index in [1.54, 1.807) is 12.1 Å². The lowest BCUT2D eigenvalue weighted by atomic mass is 10.2. The minimum Gasteiger partial charge on any atom is -0.507 e. The van der Waals surface area contributed by atoms with E-state index in [1.165, 1.54) is 11.5 Å². The Morgan fingerprint density at radius 2 is 2.42 bits per heavy atom. The van der Waals surface area contributed by atoms with Crippen LogP contribution in [0.1, 0.15) is 0 Å². The van der Waals surface area contributed by atoms with E-state index in [2.05, 4.69) is 15.7 Å². The highest BCUT2D eigenvalue weighted by Gasteiger charge is 2.00. The van der Waals surface area contributed by atoms with Gasteiger partial charge < -0.3 is 5.11 Å². The molecular weight excluding hydrogens is 172 g/mol. The fourth-order valence-electron chi connectivity index (χ4n) is 0.904. The molecule has 3 nitrogen and oxygen atoms in total. The summed E-state index contributed by atoms with van der Waals surface area (Å²) in [5.41, 5.74) is 1.64. The second-order valence-corrected chi connectivity index (χ2v) is 2.86. The molecule has 0 atom stereocenters. The quantitative estimate of drug-likeness (QED) is 0.721. The molecule has 1 aromatic heterocycles. The van der Waals surface area contributed by atoms with Gasteiger partial charge >= 0.3 is 0 Å². The van der Waals surface area contributed by atoms with Crippen molar-refractivity contribution in [2.45, 2.75) is 0 Å². The molecule has 0 fully saturated rings. The van der Waals surface area contributed by atoms with E-state index in [9.17, 15) is 0 Å². The van der Waals surface area contributed by atoms with Crippen LogP contribution in [0.3, 0.4) is 0 Å². The van der Waals surface area contributed by atoms with Crippen LogP contribution < -0.4 is 0 Å². The molecule has 0 saturated heterocycles. The van der Waals surface area contributed by atoms with Crippen molar-refractivity contribution < 1.29 is 5.11 Å². The van der Waals surface area contributed by atoms with Crippen molar-refractivity contribution in [1.29, 1.82) is 0 Å². The van der Waals surface area contributed by atoms with E-state index in [4.69, 9.17) is 5.11 Å². The number of nitrogens with zero attached hydrogens (tertiary/aromatic N) is 2. The average molecular weight is 177 g/mol. The van der Waals surface area contributed by atoms with Gasteiger partial charge in [0.05, 0.1) is 0 Å². The molecule has 0 bridgehead atoms. The molecule has 1 heterocycles. The minimum absolute atomic E-state index is 0.125. The Balaban J connectivity index is 2.48. The largest absolute Gasteiger partial charge is 0.507 e. The van der Waals surface area contributed by atoms with Crippen LogP contribution in [-0.2, 0) is 0 Å². The Labute approximate surface area is 73.5 Å². The summed E-state index contributed by atoms with van der Waals surface area (Å²) in [6, 6.07) is 7.74. The Morgan fingerprint density at radius 1 is 1.50 bits per heavy atom. The Hall–Kier alpha value is -1.42. The molecular formula is C8H5N2OS. The lowest BCUT2D eigenvalue weighted by molar-refractivity contribution is 0.474. The van der Waals surface area contributed by atoms with Gasteiger partial charge in [-0.3, -0.25) is 0 Å². The second kappa shape index (κ2) is 2.91. The molecule has 1 N–H and O–H groups in total. The summed E-state index contributed by atoms with van der Waals surface area (Å²) >= 11 is 1.29. The van der Waals surface area contributed by atoms with Gasteiger partial charge in [0.15, 0.2) is 0 Å². The third-order valence-electron chi connectivity index (χ3n) is 1.44. The van der Waals surface area contributed by atoms with Crippen LogP contribution in [0.15, 0.2) is 23.6 Å². The van der Waals surface area contributed by atoms with E-state index >= 15 is 0 Å². The first-order valence-electron chi connectivity index (χ1n) is 3.34. The lowest BCUT2D eigenvalue weighted by Crippen LogP contribution is -1.76. The van der Waals surface area contributed by atoms with Crippen LogP contribution >= 0.6 is 11.5 Å². The zero-order chi connectivity index (χ0) is 8.39. The number of benzene rings is 1. The Kier molecular flexibility index (Phi) is 1.75. The predicted octanol–water partition coefficient (Wildman–Crippen LogP) is 1.71. The fraction of sp³-hybridized carbons (Fsp3) is 0. The van der Waals surface area contributed by atoms with E-state index in [0.717, 1.165) is 11.3 Å². The molecule has 0 aliphatic carbocycles. The highest BCUT2D eigenvalue weighted by molar-refractivity contribution is 7.03. The summed E-state index contributed by atoms with van der Waals surface area (Å²) in [7, 11) is 0. The van der Waals surface area contributed by atoms with E-state index in [0.29, 0.717) is 0 Å². The highest BCUT2D eigenvalue weighted by atomic mass is 32.1. The van der Waals surface area contributed by atoms with Crippen LogP contribution in [0.4, 0.5) is 0 Å². The van der Waals surface area contributed by atoms with Crippen molar-refractivity contribution in [1.82, 2.24) is 9.59 Å². The highest BCUT2D eigenvalue weighted by Crippen LogP contribution is 2.20. The van der Waals surface area contributed by atoms with E-state index in [-0.39, 0.29) is 5.75 Å². The monoisotopic (exact) mass is 177 g/mol. The first-order chi connectivity index (χ1) is 5.86. The van der Waals surface area contributed by atoms with Crippen molar-refractivity contribution in [3.8, 4) is 17.0 Å². The summed E-state index contributed by atoms with van der Waals surface area (Å²) < 4.78 is 3.73. The van der Waals surface area contributed by atoms with Crippen LogP contribution in [0.2, 0.25) is 0 Å². The van der Waals surface area contributed by atoms with Gasteiger partial charge in [0.25, 0.3) is 0 Å². The summed E-state index contributed by atoms with van der Waals surface area (Å²) in [4.78, 5) is 0. The van der Waals surface area contributed by atoms with Crippen molar-refractivity contribution in [2.75, 3.05) is 0 Å². The molecule has 0 saturated carbocycles. The van der Waals surface area contributed by atoms with Gasteiger partial charge in [-0.1, -0.05) is 10.6 Å². The van der Waals surface area contributed by atoms with Crippen LogP contribution in [0, 0.1) is 6.07 Å². The van der Waals surface area contributed by atoms with Gasteiger partial charge in [-0.2, -0.15) is 0 Å².